The Morgan fingerprint density at radius 2 is 2.08 bits per heavy atom. The fourth-order valence-corrected chi connectivity index (χ4v) is 1.58. The Labute approximate surface area is 74.3 Å². The highest BCUT2D eigenvalue weighted by atomic mass is 15.1. The molecule has 0 atom stereocenters. The van der Waals surface area contributed by atoms with Crippen LogP contribution in [0.1, 0.15) is 13.8 Å². The van der Waals surface area contributed by atoms with E-state index in [9.17, 15) is 0 Å². The second-order valence-electron chi connectivity index (χ2n) is 3.48. The topological polar surface area (TPSA) is 15.6 Å². The third-order valence-corrected chi connectivity index (χ3v) is 2.24. The van der Waals surface area contributed by atoms with Crippen LogP contribution in [0.5, 0.6) is 0 Å². The first-order valence-corrected chi connectivity index (χ1v) is 4.18. The summed E-state index contributed by atoms with van der Waals surface area (Å²) < 4.78 is 0. The lowest BCUT2D eigenvalue weighted by molar-refractivity contribution is 0.486. The number of hydrogen-bond donors (Lipinski definition) is 0. The number of allylic oxidation sites excluding steroid dienone is 1. The normalized spacial score (nSPS) is 18.0. The van der Waals surface area contributed by atoms with E-state index >= 15 is 0 Å². The summed E-state index contributed by atoms with van der Waals surface area (Å²) in [6, 6.07) is 0. The molecule has 0 aromatic heterocycles. The molecule has 66 valence electrons. The van der Waals surface area contributed by atoms with Gasteiger partial charge in [0.15, 0.2) is 0 Å². The van der Waals surface area contributed by atoms with Crippen LogP contribution in [-0.4, -0.2) is 25.2 Å². The molecule has 0 spiro atoms. The fraction of sp³-hybridized carbons (Fsp3) is 0.500. The van der Waals surface area contributed by atoms with Gasteiger partial charge in [-0.1, -0.05) is 20.4 Å². The average Bonchev–Trinajstić information content (AvgIpc) is 2.28. The number of aliphatic imine (C=N–C) groups is 1. The Kier molecular flexibility index (Phi) is 2.36. The van der Waals surface area contributed by atoms with Crippen molar-refractivity contribution in [1.29, 1.82) is 0 Å². The summed E-state index contributed by atoms with van der Waals surface area (Å²) in [4.78, 5) is 6.13. The van der Waals surface area contributed by atoms with E-state index in [4.69, 9.17) is 0 Å². The zero-order valence-electron chi connectivity index (χ0n) is 8.09. The first-order valence-electron chi connectivity index (χ1n) is 4.18. The Balaban J connectivity index is 3.03. The monoisotopic (exact) mass is 164 g/mol. The van der Waals surface area contributed by atoms with E-state index in [1.165, 1.54) is 5.57 Å². The predicted octanol–water partition coefficient (Wildman–Crippen LogP) is 2.06. The van der Waals surface area contributed by atoms with Gasteiger partial charge in [0.1, 0.15) is 0 Å². The quantitative estimate of drug-likeness (QED) is 0.570. The van der Waals surface area contributed by atoms with Gasteiger partial charge in [0.05, 0.1) is 12.2 Å². The van der Waals surface area contributed by atoms with Crippen LogP contribution >= 0.6 is 0 Å². The molecule has 0 aromatic carbocycles. The molecule has 0 fully saturated rings. The van der Waals surface area contributed by atoms with Crippen molar-refractivity contribution in [1.82, 2.24) is 4.90 Å². The van der Waals surface area contributed by atoms with E-state index in [2.05, 4.69) is 37.0 Å². The van der Waals surface area contributed by atoms with E-state index < -0.39 is 0 Å². The van der Waals surface area contributed by atoms with Gasteiger partial charge >= 0.3 is 0 Å². The highest BCUT2D eigenvalue weighted by molar-refractivity contribution is 5.43. The fourth-order valence-electron chi connectivity index (χ4n) is 1.58. The Morgan fingerprint density at radius 3 is 2.42 bits per heavy atom. The summed E-state index contributed by atoms with van der Waals surface area (Å²) in [5.74, 6) is 0.489. The lowest BCUT2D eigenvalue weighted by Gasteiger charge is -2.14. The van der Waals surface area contributed by atoms with Crippen molar-refractivity contribution in [3.05, 3.63) is 23.5 Å². The predicted molar refractivity (Wildman–Crippen MR) is 53.2 cm³/mol. The molecule has 1 heterocycles. The van der Waals surface area contributed by atoms with Crippen LogP contribution in [0.25, 0.3) is 0 Å². The van der Waals surface area contributed by atoms with Crippen LogP contribution in [0.15, 0.2) is 28.5 Å². The molecule has 0 amide bonds. The van der Waals surface area contributed by atoms with Gasteiger partial charge in [-0.3, -0.25) is 4.99 Å². The maximum Gasteiger partial charge on any atom is 0.0644 e. The van der Waals surface area contributed by atoms with E-state index in [0.29, 0.717) is 5.92 Å². The van der Waals surface area contributed by atoms with Gasteiger partial charge < -0.3 is 4.90 Å². The molecule has 0 radical (unpaired) electrons. The molecule has 0 saturated carbocycles. The Hall–Kier alpha value is -1.05. The number of likely N-dealkylation sites (N-methyl/N-ethyl adjacent to an activating group) is 1. The molecule has 1 aliphatic heterocycles. The van der Waals surface area contributed by atoms with Crippen molar-refractivity contribution in [3.8, 4) is 0 Å². The smallest absolute Gasteiger partial charge is 0.0644 e. The van der Waals surface area contributed by atoms with Crippen LogP contribution in [0, 0.1) is 5.92 Å². The minimum Gasteiger partial charge on any atom is -0.369 e. The molecule has 0 bridgehead atoms. The zero-order chi connectivity index (χ0) is 9.30. The van der Waals surface area contributed by atoms with Crippen LogP contribution in [0.4, 0.5) is 0 Å². The molecule has 0 aromatic rings. The molecule has 0 aliphatic carbocycles. The molecule has 2 heteroatoms. The van der Waals surface area contributed by atoms with Crippen LogP contribution in [0.2, 0.25) is 0 Å². The van der Waals surface area contributed by atoms with E-state index in [1.807, 2.05) is 7.05 Å². The lowest BCUT2D eigenvalue weighted by atomic mass is 10.0. The molecule has 1 rings (SSSR count). The molecule has 0 saturated heterocycles. The molecule has 12 heavy (non-hydrogen) atoms. The SMILES string of the molecule is C=NC1=C(C(C)C)C(=C)N(C)C1. The minimum absolute atomic E-state index is 0.489. The minimum atomic E-state index is 0.489. The summed E-state index contributed by atoms with van der Waals surface area (Å²) in [5.41, 5.74) is 3.43. The standard InChI is InChI=1S/C10H16N2/c1-7(2)10-8(3)12(5)6-9(10)11-4/h7H,3-4,6H2,1-2,5H3. The van der Waals surface area contributed by atoms with Gasteiger partial charge in [0.25, 0.3) is 0 Å². The van der Waals surface area contributed by atoms with Gasteiger partial charge in [0.2, 0.25) is 0 Å². The molecule has 2 nitrogen and oxygen atoms in total. The Bertz CT molecular complexity index is 249. The maximum absolute atomic E-state index is 4.02. The van der Waals surface area contributed by atoms with E-state index in [-0.39, 0.29) is 0 Å². The third kappa shape index (κ3) is 1.29. The number of hydrogen-bond acceptors (Lipinski definition) is 2. The van der Waals surface area contributed by atoms with E-state index in [0.717, 1.165) is 17.9 Å². The summed E-state index contributed by atoms with van der Waals surface area (Å²) in [6.45, 7) is 12.8. The summed E-state index contributed by atoms with van der Waals surface area (Å²) in [7, 11) is 2.03. The van der Waals surface area contributed by atoms with Gasteiger partial charge in [-0.2, -0.15) is 0 Å². The van der Waals surface area contributed by atoms with Crippen LogP contribution in [-0.2, 0) is 0 Å². The van der Waals surface area contributed by atoms with Crippen LogP contribution < -0.4 is 0 Å². The van der Waals surface area contributed by atoms with Crippen molar-refractivity contribution in [2.75, 3.05) is 13.6 Å². The van der Waals surface area contributed by atoms with Crippen molar-refractivity contribution < 1.29 is 0 Å². The van der Waals surface area contributed by atoms with Gasteiger partial charge in [-0.25, -0.2) is 0 Å². The molecule has 0 N–H and O–H groups in total. The van der Waals surface area contributed by atoms with Crippen molar-refractivity contribution in [2.45, 2.75) is 13.8 Å². The molecular formula is C10H16N2. The first kappa shape index (κ1) is 9.04. The van der Waals surface area contributed by atoms with Gasteiger partial charge in [-0.15, -0.1) is 0 Å². The second kappa shape index (κ2) is 3.13. The van der Waals surface area contributed by atoms with Crippen molar-refractivity contribution in [2.24, 2.45) is 10.9 Å². The first-order chi connectivity index (χ1) is 5.57. The van der Waals surface area contributed by atoms with Gasteiger partial charge in [-0.05, 0) is 12.6 Å². The summed E-state index contributed by atoms with van der Waals surface area (Å²) in [6.07, 6.45) is 0. The maximum atomic E-state index is 4.02. The largest absolute Gasteiger partial charge is 0.369 e. The second-order valence-corrected chi connectivity index (χ2v) is 3.48. The Morgan fingerprint density at radius 1 is 1.50 bits per heavy atom. The summed E-state index contributed by atoms with van der Waals surface area (Å²) in [5, 5.41) is 0. The molecule has 1 aliphatic rings. The highest BCUT2D eigenvalue weighted by Crippen LogP contribution is 2.31. The van der Waals surface area contributed by atoms with E-state index in [1.54, 1.807) is 0 Å². The van der Waals surface area contributed by atoms with Crippen LogP contribution in [0.3, 0.4) is 0 Å². The van der Waals surface area contributed by atoms with Crippen molar-refractivity contribution in [3.63, 3.8) is 0 Å². The average molecular weight is 164 g/mol. The molecule has 0 unspecified atom stereocenters. The van der Waals surface area contributed by atoms with Crippen molar-refractivity contribution >= 4 is 6.72 Å². The zero-order valence-corrected chi connectivity index (χ0v) is 8.09. The summed E-state index contributed by atoms with van der Waals surface area (Å²) >= 11 is 0. The lowest BCUT2D eigenvalue weighted by Crippen LogP contribution is -2.12. The number of rotatable bonds is 2. The van der Waals surface area contributed by atoms with Gasteiger partial charge in [0, 0.05) is 18.3 Å². The molecular weight excluding hydrogens is 148 g/mol. The highest BCUT2D eigenvalue weighted by Gasteiger charge is 2.23. The third-order valence-electron chi connectivity index (χ3n) is 2.24. The number of nitrogens with zero attached hydrogens (tertiary/aromatic N) is 2.